The minimum Gasteiger partial charge on any atom is -0.469 e. The molecule has 0 radical (unpaired) electrons. The fraction of sp³-hybridized carbons (Fsp3) is 0.556. The van der Waals surface area contributed by atoms with Crippen molar-refractivity contribution in [1.82, 2.24) is 9.21 Å². The molecular weight excluding hydrogens is 356 g/mol. The van der Waals surface area contributed by atoms with Crippen LogP contribution >= 0.6 is 0 Å². The monoisotopic (exact) mass is 384 g/mol. The SMILES string of the molecule is CCN(CC)S(=O)(=O)c1ccc(CCC(=O)N(C)CCC(=O)OC)cc1. The molecule has 0 spiro atoms. The first-order valence-electron chi connectivity index (χ1n) is 8.66. The third kappa shape index (κ3) is 6.10. The lowest BCUT2D eigenvalue weighted by Crippen LogP contribution is -2.30. The largest absolute Gasteiger partial charge is 0.469 e. The minimum atomic E-state index is -3.47. The van der Waals surface area contributed by atoms with Crippen LogP contribution in [-0.4, -0.2) is 63.3 Å². The van der Waals surface area contributed by atoms with Crippen molar-refractivity contribution in [1.29, 1.82) is 0 Å². The van der Waals surface area contributed by atoms with Gasteiger partial charge in [0.2, 0.25) is 15.9 Å². The van der Waals surface area contributed by atoms with E-state index in [-0.39, 0.29) is 23.2 Å². The highest BCUT2D eigenvalue weighted by molar-refractivity contribution is 7.89. The van der Waals surface area contributed by atoms with E-state index in [0.29, 0.717) is 32.5 Å². The number of esters is 1. The molecule has 1 aromatic carbocycles. The van der Waals surface area contributed by atoms with E-state index in [0.717, 1.165) is 5.56 Å². The first-order valence-corrected chi connectivity index (χ1v) is 10.1. The van der Waals surface area contributed by atoms with Gasteiger partial charge in [-0.1, -0.05) is 26.0 Å². The van der Waals surface area contributed by atoms with Crippen molar-refractivity contribution < 1.29 is 22.7 Å². The highest BCUT2D eigenvalue weighted by Crippen LogP contribution is 2.17. The number of carbonyl (C=O) groups is 2. The number of carbonyl (C=O) groups excluding carboxylic acids is 2. The van der Waals surface area contributed by atoms with E-state index in [1.807, 2.05) is 0 Å². The van der Waals surface area contributed by atoms with Crippen molar-refractivity contribution in [3.63, 3.8) is 0 Å². The van der Waals surface area contributed by atoms with Crippen LogP contribution < -0.4 is 0 Å². The van der Waals surface area contributed by atoms with E-state index < -0.39 is 10.0 Å². The van der Waals surface area contributed by atoms with Gasteiger partial charge in [0.15, 0.2) is 0 Å². The summed E-state index contributed by atoms with van der Waals surface area (Å²) in [5, 5.41) is 0. The van der Waals surface area contributed by atoms with Gasteiger partial charge in [-0.25, -0.2) is 8.42 Å². The molecule has 0 aliphatic carbocycles. The van der Waals surface area contributed by atoms with Gasteiger partial charge in [-0.15, -0.1) is 0 Å². The number of amides is 1. The molecule has 0 heterocycles. The molecule has 26 heavy (non-hydrogen) atoms. The van der Waals surface area contributed by atoms with Crippen LogP contribution in [0.2, 0.25) is 0 Å². The third-order valence-corrected chi connectivity index (χ3v) is 6.26. The first kappa shape index (κ1) is 22.1. The van der Waals surface area contributed by atoms with Crippen LogP contribution in [0.1, 0.15) is 32.3 Å². The molecule has 1 aromatic rings. The van der Waals surface area contributed by atoms with Gasteiger partial charge in [-0.05, 0) is 24.1 Å². The van der Waals surface area contributed by atoms with E-state index >= 15 is 0 Å². The predicted molar refractivity (Wildman–Crippen MR) is 99.1 cm³/mol. The summed E-state index contributed by atoms with van der Waals surface area (Å²) in [5.74, 6) is -0.427. The van der Waals surface area contributed by atoms with Crippen LogP contribution in [0.4, 0.5) is 0 Å². The topological polar surface area (TPSA) is 84.0 Å². The Balaban J connectivity index is 2.62. The summed E-state index contributed by atoms with van der Waals surface area (Å²) < 4.78 is 30.8. The lowest BCUT2D eigenvalue weighted by molar-refractivity contribution is -0.141. The van der Waals surface area contributed by atoms with E-state index in [2.05, 4.69) is 4.74 Å². The molecule has 146 valence electrons. The number of methoxy groups -OCH3 is 1. The molecule has 0 unspecified atom stereocenters. The van der Waals surface area contributed by atoms with Crippen molar-refractivity contribution in [3.8, 4) is 0 Å². The predicted octanol–water partition coefficient (Wildman–Crippen LogP) is 1.67. The van der Waals surface area contributed by atoms with Crippen molar-refractivity contribution in [2.75, 3.05) is 33.8 Å². The van der Waals surface area contributed by atoms with Crippen molar-refractivity contribution in [3.05, 3.63) is 29.8 Å². The Hall–Kier alpha value is -1.93. The zero-order chi connectivity index (χ0) is 19.7. The van der Waals surface area contributed by atoms with Gasteiger partial charge in [0, 0.05) is 33.1 Å². The molecule has 0 aliphatic rings. The number of rotatable bonds is 10. The highest BCUT2D eigenvalue weighted by Gasteiger charge is 2.21. The molecule has 0 aliphatic heterocycles. The summed E-state index contributed by atoms with van der Waals surface area (Å²) in [4.78, 5) is 24.9. The summed E-state index contributed by atoms with van der Waals surface area (Å²) >= 11 is 0. The summed E-state index contributed by atoms with van der Waals surface area (Å²) in [7, 11) is -0.509. The zero-order valence-corrected chi connectivity index (χ0v) is 16.7. The van der Waals surface area contributed by atoms with Gasteiger partial charge in [-0.3, -0.25) is 9.59 Å². The number of sulfonamides is 1. The second-order valence-corrected chi connectivity index (χ2v) is 7.81. The Bertz CT molecular complexity index is 697. The van der Waals surface area contributed by atoms with Crippen molar-refractivity contribution in [2.24, 2.45) is 0 Å². The Morgan fingerprint density at radius 1 is 1.04 bits per heavy atom. The number of hydrogen-bond donors (Lipinski definition) is 0. The molecule has 0 aromatic heterocycles. The molecule has 1 rings (SSSR count). The Morgan fingerprint density at radius 3 is 2.12 bits per heavy atom. The number of nitrogens with zero attached hydrogens (tertiary/aromatic N) is 2. The minimum absolute atomic E-state index is 0.0752. The molecule has 0 saturated heterocycles. The standard InChI is InChI=1S/C18H28N2O5S/c1-5-20(6-2)26(23,24)16-10-7-15(8-11-16)9-12-17(21)19(3)14-13-18(22)25-4/h7-8,10-11H,5-6,9,12-14H2,1-4H3. The third-order valence-electron chi connectivity index (χ3n) is 4.20. The summed E-state index contributed by atoms with van der Waals surface area (Å²) in [6, 6.07) is 6.62. The molecular formula is C18H28N2O5S. The van der Waals surface area contributed by atoms with Crippen LogP contribution in [0.3, 0.4) is 0 Å². The average molecular weight is 384 g/mol. The second kappa shape index (κ2) is 10.3. The number of aryl methyl sites for hydroxylation is 1. The van der Waals surface area contributed by atoms with Gasteiger partial charge in [-0.2, -0.15) is 4.31 Å². The van der Waals surface area contributed by atoms with Gasteiger partial charge in [0.25, 0.3) is 0 Å². The highest BCUT2D eigenvalue weighted by atomic mass is 32.2. The van der Waals surface area contributed by atoms with E-state index in [1.165, 1.54) is 16.3 Å². The fourth-order valence-corrected chi connectivity index (χ4v) is 3.93. The van der Waals surface area contributed by atoms with Gasteiger partial charge < -0.3 is 9.64 Å². The fourth-order valence-electron chi connectivity index (χ4n) is 2.47. The quantitative estimate of drug-likeness (QED) is 0.573. The van der Waals surface area contributed by atoms with E-state index in [1.54, 1.807) is 45.2 Å². The molecule has 0 N–H and O–H groups in total. The van der Waals surface area contributed by atoms with Gasteiger partial charge in [0.05, 0.1) is 18.4 Å². The lowest BCUT2D eigenvalue weighted by atomic mass is 10.1. The zero-order valence-electron chi connectivity index (χ0n) is 15.9. The Labute approximate surface area is 156 Å². The number of hydrogen-bond acceptors (Lipinski definition) is 5. The maximum absolute atomic E-state index is 12.4. The number of ether oxygens (including phenoxy) is 1. The Kier molecular flexibility index (Phi) is 8.74. The first-order chi connectivity index (χ1) is 12.3. The van der Waals surface area contributed by atoms with E-state index in [9.17, 15) is 18.0 Å². The van der Waals surface area contributed by atoms with E-state index in [4.69, 9.17) is 0 Å². The van der Waals surface area contributed by atoms with Crippen LogP contribution in [-0.2, 0) is 30.8 Å². The maximum atomic E-state index is 12.4. The average Bonchev–Trinajstić information content (AvgIpc) is 2.64. The van der Waals surface area contributed by atoms with Gasteiger partial charge >= 0.3 is 5.97 Å². The Morgan fingerprint density at radius 2 is 1.62 bits per heavy atom. The smallest absolute Gasteiger partial charge is 0.307 e. The molecule has 0 atom stereocenters. The van der Waals surface area contributed by atoms with Crippen molar-refractivity contribution in [2.45, 2.75) is 38.0 Å². The molecule has 0 fully saturated rings. The van der Waals surface area contributed by atoms with Crippen LogP contribution in [0.5, 0.6) is 0 Å². The number of benzene rings is 1. The molecule has 7 nitrogen and oxygen atoms in total. The van der Waals surface area contributed by atoms with Crippen LogP contribution in [0.25, 0.3) is 0 Å². The van der Waals surface area contributed by atoms with Crippen molar-refractivity contribution >= 4 is 21.9 Å². The maximum Gasteiger partial charge on any atom is 0.307 e. The second-order valence-electron chi connectivity index (χ2n) is 5.87. The molecule has 1 amide bonds. The summed E-state index contributed by atoms with van der Waals surface area (Å²) in [5.41, 5.74) is 0.887. The molecule has 0 bridgehead atoms. The summed E-state index contributed by atoms with van der Waals surface area (Å²) in [6.07, 6.45) is 0.962. The summed E-state index contributed by atoms with van der Waals surface area (Å²) in [6.45, 7) is 4.77. The molecule has 0 saturated carbocycles. The normalized spacial score (nSPS) is 11.4. The van der Waals surface area contributed by atoms with Crippen LogP contribution in [0, 0.1) is 0 Å². The van der Waals surface area contributed by atoms with Crippen LogP contribution in [0.15, 0.2) is 29.2 Å². The van der Waals surface area contributed by atoms with Gasteiger partial charge in [0.1, 0.15) is 0 Å². The molecule has 8 heteroatoms. The lowest BCUT2D eigenvalue weighted by Gasteiger charge is -2.18.